The molecular weight excluding hydrogens is 480 g/mol. The zero-order valence-corrected chi connectivity index (χ0v) is 18.8. The van der Waals surface area contributed by atoms with E-state index >= 15 is 0 Å². The van der Waals surface area contributed by atoms with E-state index in [-0.39, 0.29) is 17.4 Å². The number of fused-ring (bicyclic) bond motifs is 1. The molecule has 1 aromatic heterocycles. The number of carbonyl (C=O) groups is 2. The Bertz CT molecular complexity index is 1240. The molecule has 2 atom stereocenters. The van der Waals surface area contributed by atoms with Crippen LogP contribution in [0.15, 0.2) is 64.1 Å². The Labute approximate surface area is 190 Å². The second-order valence-electron chi connectivity index (χ2n) is 7.49. The van der Waals surface area contributed by atoms with Crippen LogP contribution in [0.25, 0.3) is 5.76 Å². The molecule has 0 bridgehead atoms. The smallest absolute Gasteiger partial charge is 0.301 e. The fourth-order valence-corrected chi connectivity index (χ4v) is 5.17. The van der Waals surface area contributed by atoms with Crippen LogP contribution in [0.1, 0.15) is 29.7 Å². The normalized spacial score (nSPS) is 21.9. The molecule has 31 heavy (non-hydrogen) atoms. The zero-order chi connectivity index (χ0) is 21.7. The Morgan fingerprint density at radius 3 is 2.84 bits per heavy atom. The lowest BCUT2D eigenvalue weighted by Crippen LogP contribution is -2.29. The fourth-order valence-electron chi connectivity index (χ4n) is 4.08. The fraction of sp³-hybridized carbons (Fsp3) is 0.174. The Morgan fingerprint density at radius 1 is 1.26 bits per heavy atom. The van der Waals surface area contributed by atoms with Gasteiger partial charge in [-0.2, -0.15) is 0 Å². The number of amides is 1. The summed E-state index contributed by atoms with van der Waals surface area (Å²) in [5.41, 5.74) is 2.19. The summed E-state index contributed by atoms with van der Waals surface area (Å²) in [4.78, 5) is 31.7. The van der Waals surface area contributed by atoms with Crippen molar-refractivity contribution in [3.8, 4) is 5.75 Å². The molecule has 3 heterocycles. The number of nitrogens with zero attached hydrogens (tertiary/aromatic N) is 2. The van der Waals surface area contributed by atoms with Gasteiger partial charge in [0.25, 0.3) is 5.78 Å². The van der Waals surface area contributed by atoms with E-state index in [4.69, 9.17) is 4.74 Å². The van der Waals surface area contributed by atoms with E-state index in [0.717, 1.165) is 22.2 Å². The first kappa shape index (κ1) is 20.0. The third-order valence-corrected chi connectivity index (χ3v) is 6.67. The van der Waals surface area contributed by atoms with E-state index in [9.17, 15) is 14.7 Å². The first-order valence-corrected chi connectivity index (χ1v) is 11.4. The standard InChI is InChI=1S/C23H17BrN2O4S/c1-12-9-15-10-14(5-6-17(15)30-12)20(27)18-19(13-3-2-4-16(24)11-13)26(22(29)21(18)28)23-25-7-8-31-23/h2-8,10-12,19,27H,9H2,1H3/t12-,19+/m1/s1. The number of halogens is 1. The lowest BCUT2D eigenvalue weighted by atomic mass is 9.94. The summed E-state index contributed by atoms with van der Waals surface area (Å²) in [5, 5.41) is 13.4. The summed E-state index contributed by atoms with van der Waals surface area (Å²) in [5.74, 6) is -0.872. The van der Waals surface area contributed by atoms with Gasteiger partial charge in [-0.25, -0.2) is 4.98 Å². The van der Waals surface area contributed by atoms with Crippen molar-refractivity contribution in [2.24, 2.45) is 0 Å². The number of rotatable bonds is 3. The molecule has 0 unspecified atom stereocenters. The molecular formula is C23H17BrN2O4S. The highest BCUT2D eigenvalue weighted by Crippen LogP contribution is 2.43. The summed E-state index contributed by atoms with van der Waals surface area (Å²) < 4.78 is 6.54. The van der Waals surface area contributed by atoms with Crippen molar-refractivity contribution in [1.82, 2.24) is 4.98 Å². The van der Waals surface area contributed by atoms with E-state index in [0.29, 0.717) is 16.3 Å². The van der Waals surface area contributed by atoms with Crippen LogP contribution in [0.3, 0.4) is 0 Å². The number of benzene rings is 2. The van der Waals surface area contributed by atoms with Crippen LogP contribution in [0.2, 0.25) is 0 Å². The number of ketones is 1. The number of carbonyl (C=O) groups excluding carboxylic acids is 2. The number of Topliss-reactive ketones (excluding diaryl/α,β-unsaturated/α-hetero) is 1. The predicted molar refractivity (Wildman–Crippen MR) is 121 cm³/mol. The molecule has 1 fully saturated rings. The van der Waals surface area contributed by atoms with E-state index in [1.807, 2.05) is 37.3 Å². The Kier molecular flexibility index (Phi) is 4.91. The highest BCUT2D eigenvalue weighted by atomic mass is 79.9. The molecule has 156 valence electrons. The van der Waals surface area contributed by atoms with Crippen LogP contribution in [-0.2, 0) is 16.0 Å². The number of ether oxygens (including phenoxy) is 1. The van der Waals surface area contributed by atoms with Crippen LogP contribution in [0.4, 0.5) is 5.13 Å². The first-order chi connectivity index (χ1) is 14.9. The van der Waals surface area contributed by atoms with Crippen LogP contribution < -0.4 is 9.64 Å². The third kappa shape index (κ3) is 3.36. The minimum absolute atomic E-state index is 0.0465. The number of aromatic nitrogens is 1. The molecule has 6 nitrogen and oxygen atoms in total. The van der Waals surface area contributed by atoms with Crippen molar-refractivity contribution in [2.45, 2.75) is 25.5 Å². The topological polar surface area (TPSA) is 79.7 Å². The molecule has 8 heteroatoms. The van der Waals surface area contributed by atoms with E-state index in [1.54, 1.807) is 23.7 Å². The third-order valence-electron chi connectivity index (χ3n) is 5.40. The maximum atomic E-state index is 13.1. The molecule has 1 saturated heterocycles. The van der Waals surface area contributed by atoms with Gasteiger partial charge >= 0.3 is 5.91 Å². The minimum Gasteiger partial charge on any atom is -0.507 e. The molecule has 0 radical (unpaired) electrons. The van der Waals surface area contributed by atoms with Gasteiger partial charge in [-0.3, -0.25) is 14.5 Å². The van der Waals surface area contributed by atoms with E-state index in [1.165, 1.54) is 16.2 Å². The Morgan fingerprint density at radius 2 is 2.10 bits per heavy atom. The second kappa shape index (κ2) is 7.62. The van der Waals surface area contributed by atoms with Crippen molar-refractivity contribution in [2.75, 3.05) is 4.90 Å². The summed E-state index contributed by atoms with van der Waals surface area (Å²) in [6, 6.07) is 11.9. The predicted octanol–water partition coefficient (Wildman–Crippen LogP) is 4.86. The molecule has 0 saturated carbocycles. The molecule has 1 amide bonds. The van der Waals surface area contributed by atoms with Gasteiger partial charge in [-0.1, -0.05) is 28.1 Å². The van der Waals surface area contributed by atoms with Crippen molar-refractivity contribution in [3.63, 3.8) is 0 Å². The Hall–Kier alpha value is -2.97. The number of thiazole rings is 1. The van der Waals surface area contributed by atoms with Gasteiger partial charge in [0, 0.05) is 28.0 Å². The number of aliphatic hydroxyl groups excluding tert-OH is 1. The second-order valence-corrected chi connectivity index (χ2v) is 9.28. The van der Waals surface area contributed by atoms with Crippen LogP contribution in [0.5, 0.6) is 5.75 Å². The molecule has 1 N–H and O–H groups in total. The van der Waals surface area contributed by atoms with Crippen molar-refractivity contribution >= 4 is 49.8 Å². The first-order valence-electron chi connectivity index (χ1n) is 9.70. The van der Waals surface area contributed by atoms with Crippen molar-refractivity contribution < 1.29 is 19.4 Å². The molecule has 0 spiro atoms. The van der Waals surface area contributed by atoms with E-state index in [2.05, 4.69) is 20.9 Å². The highest BCUT2D eigenvalue weighted by Gasteiger charge is 2.48. The van der Waals surface area contributed by atoms with Gasteiger partial charge in [-0.05, 0) is 48.4 Å². The maximum Gasteiger partial charge on any atom is 0.301 e. The highest BCUT2D eigenvalue weighted by molar-refractivity contribution is 9.10. The van der Waals surface area contributed by atoms with E-state index < -0.39 is 17.7 Å². The average molecular weight is 497 g/mol. The molecule has 0 aliphatic carbocycles. The van der Waals surface area contributed by atoms with Crippen molar-refractivity contribution in [3.05, 3.63) is 80.8 Å². The maximum absolute atomic E-state index is 13.1. The molecule has 5 rings (SSSR count). The average Bonchev–Trinajstić information content (AvgIpc) is 3.45. The SMILES string of the molecule is C[C@@H]1Cc2cc(C(O)=C3C(=O)C(=O)N(c4nccs4)[C@H]3c3cccc(Br)c3)ccc2O1. The summed E-state index contributed by atoms with van der Waals surface area (Å²) in [6.45, 7) is 1.98. The summed E-state index contributed by atoms with van der Waals surface area (Å²) in [6.07, 6.45) is 2.36. The lowest BCUT2D eigenvalue weighted by Gasteiger charge is -2.23. The van der Waals surface area contributed by atoms with Gasteiger partial charge in [-0.15, -0.1) is 11.3 Å². The van der Waals surface area contributed by atoms with Crippen LogP contribution >= 0.6 is 27.3 Å². The molecule has 2 aliphatic heterocycles. The number of hydrogen-bond donors (Lipinski definition) is 1. The van der Waals surface area contributed by atoms with Gasteiger partial charge < -0.3 is 9.84 Å². The number of anilines is 1. The Balaban J connectivity index is 1.69. The van der Waals surface area contributed by atoms with Gasteiger partial charge in [0.1, 0.15) is 17.6 Å². The lowest BCUT2D eigenvalue weighted by molar-refractivity contribution is -0.132. The monoisotopic (exact) mass is 496 g/mol. The molecule has 3 aromatic rings. The summed E-state index contributed by atoms with van der Waals surface area (Å²) in [7, 11) is 0. The van der Waals surface area contributed by atoms with Gasteiger partial charge in [0.2, 0.25) is 0 Å². The summed E-state index contributed by atoms with van der Waals surface area (Å²) >= 11 is 4.72. The van der Waals surface area contributed by atoms with Crippen molar-refractivity contribution in [1.29, 1.82) is 0 Å². The van der Waals surface area contributed by atoms with Gasteiger partial charge in [0.15, 0.2) is 5.13 Å². The molecule has 2 aliphatic rings. The van der Waals surface area contributed by atoms with Crippen LogP contribution in [-0.4, -0.2) is 27.9 Å². The number of aliphatic hydroxyl groups is 1. The van der Waals surface area contributed by atoms with Crippen LogP contribution in [0, 0.1) is 0 Å². The minimum atomic E-state index is -0.785. The molecule has 2 aromatic carbocycles. The quantitative estimate of drug-likeness (QED) is 0.318. The largest absolute Gasteiger partial charge is 0.507 e. The van der Waals surface area contributed by atoms with Gasteiger partial charge in [0.05, 0.1) is 11.6 Å². The number of hydrogen-bond acceptors (Lipinski definition) is 6. The zero-order valence-electron chi connectivity index (χ0n) is 16.4.